The number of H-pyrrole nitrogens is 1. The molecule has 32 heavy (non-hydrogen) atoms. The van der Waals surface area contributed by atoms with Crippen molar-refractivity contribution in [2.45, 2.75) is 32.8 Å². The van der Waals surface area contributed by atoms with Crippen LogP contribution in [0.3, 0.4) is 0 Å². The van der Waals surface area contributed by atoms with Crippen LogP contribution in [0.25, 0.3) is 10.9 Å². The van der Waals surface area contributed by atoms with Gasteiger partial charge in [0.25, 0.3) is 0 Å². The maximum Gasteiger partial charge on any atom is 0.220 e. The van der Waals surface area contributed by atoms with E-state index in [-0.39, 0.29) is 11.8 Å². The van der Waals surface area contributed by atoms with Crippen molar-refractivity contribution in [3.8, 4) is 5.75 Å². The van der Waals surface area contributed by atoms with Crippen molar-refractivity contribution in [3.63, 3.8) is 0 Å². The van der Waals surface area contributed by atoms with E-state index in [1.807, 2.05) is 48.7 Å². The second-order valence-corrected chi connectivity index (χ2v) is 8.59. The van der Waals surface area contributed by atoms with Gasteiger partial charge in [-0.05, 0) is 40.8 Å². The van der Waals surface area contributed by atoms with Crippen LogP contribution in [0, 0.1) is 5.92 Å². The quantitative estimate of drug-likeness (QED) is 0.343. The van der Waals surface area contributed by atoms with Gasteiger partial charge in [0.2, 0.25) is 5.91 Å². The number of para-hydroxylation sites is 1. The fourth-order valence-electron chi connectivity index (χ4n) is 3.93. The highest BCUT2D eigenvalue weighted by Gasteiger charge is 2.22. The second kappa shape index (κ2) is 10.2. The first kappa shape index (κ1) is 21.7. The zero-order valence-electron chi connectivity index (χ0n) is 18.7. The monoisotopic (exact) mass is 426 g/mol. The van der Waals surface area contributed by atoms with Gasteiger partial charge in [-0.2, -0.15) is 0 Å². The van der Waals surface area contributed by atoms with E-state index in [0.717, 1.165) is 33.3 Å². The molecular formula is C28H30N2O2. The largest absolute Gasteiger partial charge is 0.489 e. The van der Waals surface area contributed by atoms with Crippen LogP contribution in [0.15, 0.2) is 85.1 Å². The van der Waals surface area contributed by atoms with Crippen molar-refractivity contribution in [3.05, 3.63) is 102 Å². The van der Waals surface area contributed by atoms with Gasteiger partial charge in [-0.1, -0.05) is 74.5 Å². The van der Waals surface area contributed by atoms with Crippen molar-refractivity contribution < 1.29 is 9.53 Å². The normalized spacial score (nSPS) is 12.1. The molecule has 0 radical (unpaired) electrons. The molecule has 0 spiro atoms. The lowest BCUT2D eigenvalue weighted by Gasteiger charge is -2.19. The zero-order valence-corrected chi connectivity index (χ0v) is 18.7. The van der Waals surface area contributed by atoms with Gasteiger partial charge in [0.1, 0.15) is 12.4 Å². The van der Waals surface area contributed by atoms with Gasteiger partial charge in [0.15, 0.2) is 0 Å². The van der Waals surface area contributed by atoms with E-state index in [9.17, 15) is 4.79 Å². The summed E-state index contributed by atoms with van der Waals surface area (Å²) in [5.74, 6) is 1.21. The molecule has 0 aliphatic rings. The van der Waals surface area contributed by atoms with Gasteiger partial charge in [0.05, 0.1) is 0 Å². The number of aromatic amines is 1. The number of nitrogens with one attached hydrogen (secondary N) is 2. The highest BCUT2D eigenvalue weighted by molar-refractivity contribution is 5.86. The fraction of sp³-hybridized carbons (Fsp3) is 0.250. The van der Waals surface area contributed by atoms with Gasteiger partial charge in [0, 0.05) is 36.0 Å². The first-order chi connectivity index (χ1) is 15.6. The predicted octanol–water partition coefficient (Wildman–Crippen LogP) is 6.04. The average molecular weight is 427 g/mol. The molecule has 4 rings (SSSR count). The molecule has 1 heterocycles. The Hall–Kier alpha value is -3.53. The van der Waals surface area contributed by atoms with E-state index < -0.39 is 0 Å². The lowest BCUT2D eigenvalue weighted by molar-refractivity contribution is -0.121. The molecule has 0 saturated heterocycles. The molecule has 1 amide bonds. The fourth-order valence-corrected chi connectivity index (χ4v) is 3.93. The Bertz CT molecular complexity index is 1160. The molecule has 4 heteroatoms. The summed E-state index contributed by atoms with van der Waals surface area (Å²) in [4.78, 5) is 16.2. The standard InChI is InChI=1S/C28H30N2O2/c1-20(2)17-30-28(31)16-25(26-18-29-27-14-7-6-13-24(26)27)22-11-8-12-23(15-22)32-19-21-9-4-3-5-10-21/h3-15,18,20,25,29H,16-17,19H2,1-2H3,(H,30,31). The van der Waals surface area contributed by atoms with Crippen molar-refractivity contribution >= 4 is 16.8 Å². The zero-order chi connectivity index (χ0) is 22.3. The molecular weight excluding hydrogens is 396 g/mol. The van der Waals surface area contributed by atoms with Crippen LogP contribution in [-0.4, -0.2) is 17.4 Å². The Morgan fingerprint density at radius 3 is 2.56 bits per heavy atom. The number of amides is 1. The molecule has 1 aromatic heterocycles. The van der Waals surface area contributed by atoms with Crippen molar-refractivity contribution in [1.82, 2.24) is 10.3 Å². The number of rotatable bonds is 9. The minimum atomic E-state index is -0.0708. The topological polar surface area (TPSA) is 54.1 Å². The highest BCUT2D eigenvalue weighted by atomic mass is 16.5. The SMILES string of the molecule is CC(C)CNC(=O)CC(c1cccc(OCc2ccccc2)c1)c1c[nH]c2ccccc12. The summed E-state index contributed by atoms with van der Waals surface area (Å²) in [7, 11) is 0. The third-order valence-corrected chi connectivity index (χ3v) is 5.60. The number of fused-ring (bicyclic) bond motifs is 1. The third-order valence-electron chi connectivity index (χ3n) is 5.60. The molecule has 1 atom stereocenters. The minimum Gasteiger partial charge on any atom is -0.489 e. The maximum atomic E-state index is 12.8. The molecule has 4 aromatic rings. The molecule has 164 valence electrons. The van der Waals surface area contributed by atoms with E-state index in [1.165, 1.54) is 0 Å². The predicted molar refractivity (Wildman–Crippen MR) is 130 cm³/mol. The Balaban J connectivity index is 1.61. The first-order valence-electron chi connectivity index (χ1n) is 11.2. The number of hydrogen-bond donors (Lipinski definition) is 2. The molecule has 0 fully saturated rings. The average Bonchev–Trinajstić information content (AvgIpc) is 3.25. The summed E-state index contributed by atoms with van der Waals surface area (Å²) in [5, 5.41) is 4.22. The van der Waals surface area contributed by atoms with Gasteiger partial charge in [-0.15, -0.1) is 0 Å². The van der Waals surface area contributed by atoms with Crippen LogP contribution in [0.1, 0.15) is 42.9 Å². The second-order valence-electron chi connectivity index (χ2n) is 8.59. The number of carbonyl (C=O) groups is 1. The number of hydrogen-bond acceptors (Lipinski definition) is 2. The van der Waals surface area contributed by atoms with Crippen molar-refractivity contribution in [2.24, 2.45) is 5.92 Å². The Kier molecular flexibility index (Phi) is 6.90. The lowest BCUT2D eigenvalue weighted by atomic mass is 9.88. The van der Waals surface area contributed by atoms with Gasteiger partial charge in [-0.3, -0.25) is 4.79 Å². The van der Waals surface area contributed by atoms with Crippen LogP contribution in [-0.2, 0) is 11.4 Å². The minimum absolute atomic E-state index is 0.0598. The van der Waals surface area contributed by atoms with E-state index in [2.05, 4.69) is 60.5 Å². The molecule has 0 aliphatic heterocycles. The van der Waals surface area contributed by atoms with Crippen LogP contribution in [0.2, 0.25) is 0 Å². The molecule has 4 nitrogen and oxygen atoms in total. The van der Waals surface area contributed by atoms with Crippen LogP contribution in [0.4, 0.5) is 0 Å². The Morgan fingerprint density at radius 2 is 1.75 bits per heavy atom. The number of ether oxygens (including phenoxy) is 1. The van der Waals surface area contributed by atoms with Crippen LogP contribution < -0.4 is 10.1 Å². The lowest BCUT2D eigenvalue weighted by Crippen LogP contribution is -2.28. The maximum absolute atomic E-state index is 12.8. The van der Waals surface area contributed by atoms with E-state index >= 15 is 0 Å². The molecule has 0 saturated carbocycles. The summed E-state index contributed by atoms with van der Waals surface area (Å²) in [6.07, 6.45) is 2.42. The molecule has 0 aliphatic carbocycles. The van der Waals surface area contributed by atoms with Gasteiger partial charge < -0.3 is 15.0 Å². The number of carbonyl (C=O) groups excluding carboxylic acids is 1. The molecule has 0 bridgehead atoms. The van der Waals surface area contributed by atoms with E-state index in [4.69, 9.17) is 4.74 Å². The summed E-state index contributed by atoms with van der Waals surface area (Å²) < 4.78 is 6.06. The smallest absolute Gasteiger partial charge is 0.220 e. The number of aromatic nitrogens is 1. The highest BCUT2D eigenvalue weighted by Crippen LogP contribution is 2.35. The van der Waals surface area contributed by atoms with Crippen molar-refractivity contribution in [2.75, 3.05) is 6.54 Å². The summed E-state index contributed by atoms with van der Waals surface area (Å²) in [6.45, 7) is 5.40. The number of benzene rings is 3. The molecule has 3 aromatic carbocycles. The summed E-state index contributed by atoms with van der Waals surface area (Å²) >= 11 is 0. The Labute approximate surface area is 189 Å². The van der Waals surface area contributed by atoms with E-state index in [0.29, 0.717) is 25.5 Å². The molecule has 2 N–H and O–H groups in total. The summed E-state index contributed by atoms with van der Waals surface area (Å²) in [5.41, 5.74) is 4.39. The van der Waals surface area contributed by atoms with E-state index in [1.54, 1.807) is 0 Å². The van der Waals surface area contributed by atoms with Gasteiger partial charge in [-0.25, -0.2) is 0 Å². The van der Waals surface area contributed by atoms with Gasteiger partial charge >= 0.3 is 0 Å². The van der Waals surface area contributed by atoms with Crippen LogP contribution in [0.5, 0.6) is 5.75 Å². The molecule has 1 unspecified atom stereocenters. The summed E-state index contributed by atoms with van der Waals surface area (Å²) in [6, 6.07) is 26.5. The third kappa shape index (κ3) is 5.38. The Morgan fingerprint density at radius 1 is 0.969 bits per heavy atom. The van der Waals surface area contributed by atoms with Crippen LogP contribution >= 0.6 is 0 Å². The van der Waals surface area contributed by atoms with Crippen molar-refractivity contribution in [1.29, 1.82) is 0 Å². The first-order valence-corrected chi connectivity index (χ1v) is 11.2.